The Bertz CT molecular complexity index is 1020. The Morgan fingerprint density at radius 2 is 1.79 bits per heavy atom. The predicted molar refractivity (Wildman–Crippen MR) is 118 cm³/mol. The number of rotatable bonds is 5. The Hall–Kier alpha value is -2.72. The van der Waals surface area contributed by atoms with Crippen molar-refractivity contribution >= 4 is 28.5 Å². The summed E-state index contributed by atoms with van der Waals surface area (Å²) in [5, 5.41) is 5.49. The van der Waals surface area contributed by atoms with Gasteiger partial charge in [-0.2, -0.15) is 0 Å². The lowest BCUT2D eigenvalue weighted by molar-refractivity contribution is -0.111. The lowest BCUT2D eigenvalue weighted by Gasteiger charge is -2.08. The van der Waals surface area contributed by atoms with Crippen LogP contribution < -0.4 is 5.32 Å². The first-order valence-electron chi connectivity index (χ1n) is 9.62. The van der Waals surface area contributed by atoms with Crippen molar-refractivity contribution in [1.82, 2.24) is 4.98 Å². The van der Waals surface area contributed by atoms with Gasteiger partial charge in [-0.15, -0.1) is 11.3 Å². The zero-order valence-electron chi connectivity index (χ0n) is 16.5. The minimum Gasteiger partial charge on any atom is -0.298 e. The maximum absolute atomic E-state index is 12.3. The van der Waals surface area contributed by atoms with E-state index in [1.165, 1.54) is 46.4 Å². The number of amides is 1. The molecule has 1 N–H and O–H groups in total. The number of nitrogens with zero attached hydrogens (tertiary/aromatic N) is 1. The summed E-state index contributed by atoms with van der Waals surface area (Å²) in [6.45, 7) is 6.30. The van der Waals surface area contributed by atoms with Crippen LogP contribution in [-0.4, -0.2) is 10.9 Å². The van der Waals surface area contributed by atoms with Crippen LogP contribution in [-0.2, 0) is 4.79 Å². The summed E-state index contributed by atoms with van der Waals surface area (Å²) in [5.41, 5.74) is 8.15. The van der Waals surface area contributed by atoms with Gasteiger partial charge in [-0.1, -0.05) is 42.0 Å². The molecule has 1 aliphatic rings. The van der Waals surface area contributed by atoms with Crippen molar-refractivity contribution < 1.29 is 4.79 Å². The zero-order chi connectivity index (χ0) is 19.7. The Kier molecular flexibility index (Phi) is 5.14. The maximum atomic E-state index is 12.3. The summed E-state index contributed by atoms with van der Waals surface area (Å²) in [6.07, 6.45) is 6.01. The molecule has 3 aromatic rings. The molecule has 3 nitrogen and oxygen atoms in total. The Morgan fingerprint density at radius 1 is 1.11 bits per heavy atom. The monoisotopic (exact) mass is 388 g/mol. The van der Waals surface area contributed by atoms with E-state index < -0.39 is 0 Å². The first kappa shape index (κ1) is 18.6. The average Bonchev–Trinajstić information content (AvgIpc) is 3.40. The predicted octanol–water partition coefficient (Wildman–Crippen LogP) is 6.26. The number of benzene rings is 2. The quantitative estimate of drug-likeness (QED) is 0.524. The van der Waals surface area contributed by atoms with Crippen LogP contribution in [0, 0.1) is 20.8 Å². The van der Waals surface area contributed by atoms with Gasteiger partial charge < -0.3 is 0 Å². The summed E-state index contributed by atoms with van der Waals surface area (Å²) in [4.78, 5) is 16.9. The van der Waals surface area contributed by atoms with Gasteiger partial charge in [-0.25, -0.2) is 4.98 Å². The molecule has 0 atom stereocenters. The fraction of sp³-hybridized carbons (Fsp3) is 0.250. The minimum atomic E-state index is -0.162. The summed E-state index contributed by atoms with van der Waals surface area (Å²) in [5.74, 6) is 0.589. The second-order valence-corrected chi connectivity index (χ2v) is 8.43. The molecule has 0 radical (unpaired) electrons. The van der Waals surface area contributed by atoms with Crippen molar-refractivity contribution in [2.75, 3.05) is 5.32 Å². The number of hydrogen-bond acceptors (Lipinski definition) is 3. The highest BCUT2D eigenvalue weighted by atomic mass is 32.1. The maximum Gasteiger partial charge on any atom is 0.250 e. The molecule has 1 aliphatic carbocycles. The highest BCUT2D eigenvalue weighted by Gasteiger charge is 2.22. The molecule has 1 saturated carbocycles. The van der Waals surface area contributed by atoms with Crippen LogP contribution in [0.2, 0.25) is 0 Å². The van der Waals surface area contributed by atoms with E-state index in [0.29, 0.717) is 5.13 Å². The lowest BCUT2D eigenvalue weighted by atomic mass is 9.98. The first-order valence-corrected chi connectivity index (χ1v) is 10.5. The zero-order valence-corrected chi connectivity index (χ0v) is 17.3. The van der Waals surface area contributed by atoms with Gasteiger partial charge in [0.05, 0.1) is 5.69 Å². The number of hydrogen-bond donors (Lipinski definition) is 1. The molecule has 28 heavy (non-hydrogen) atoms. The standard InChI is InChI=1S/C24H24N2OS/c1-15-12-16(2)23(17(3)13-15)21-14-28-24(25-21)26-22(27)11-6-18-4-7-19(8-5-18)20-9-10-20/h4-8,11-14,20H,9-10H2,1-3H3,(H,25,26,27)/b11-6+. The van der Waals surface area contributed by atoms with Crippen LogP contribution in [0.25, 0.3) is 17.3 Å². The largest absolute Gasteiger partial charge is 0.298 e. The van der Waals surface area contributed by atoms with E-state index in [1.807, 2.05) is 11.5 Å². The molecule has 0 aliphatic heterocycles. The molecule has 0 bridgehead atoms. The molecule has 2 aromatic carbocycles. The molecule has 1 heterocycles. The van der Waals surface area contributed by atoms with Crippen molar-refractivity contribution in [2.45, 2.75) is 39.5 Å². The van der Waals surface area contributed by atoms with E-state index in [9.17, 15) is 4.79 Å². The SMILES string of the molecule is Cc1cc(C)c(-c2csc(NC(=O)/C=C/c3ccc(C4CC4)cc3)n2)c(C)c1. The third-order valence-corrected chi connectivity index (χ3v) is 5.84. The van der Waals surface area contributed by atoms with Crippen LogP contribution >= 0.6 is 11.3 Å². The summed E-state index contributed by atoms with van der Waals surface area (Å²) in [7, 11) is 0. The number of anilines is 1. The fourth-order valence-electron chi connectivity index (χ4n) is 3.64. The Morgan fingerprint density at radius 3 is 2.43 bits per heavy atom. The van der Waals surface area contributed by atoms with E-state index in [4.69, 9.17) is 0 Å². The molecule has 4 rings (SSSR count). The first-order chi connectivity index (χ1) is 13.5. The fourth-order valence-corrected chi connectivity index (χ4v) is 4.35. The van der Waals surface area contributed by atoms with E-state index in [1.54, 1.807) is 6.08 Å². The van der Waals surface area contributed by atoms with Gasteiger partial charge in [0.25, 0.3) is 0 Å². The molecular weight excluding hydrogens is 364 g/mol. The van der Waals surface area contributed by atoms with Crippen LogP contribution in [0.1, 0.15) is 46.6 Å². The van der Waals surface area contributed by atoms with Crippen molar-refractivity contribution in [3.63, 3.8) is 0 Å². The highest BCUT2D eigenvalue weighted by Crippen LogP contribution is 2.40. The molecule has 1 amide bonds. The van der Waals surface area contributed by atoms with E-state index in [0.717, 1.165) is 22.7 Å². The number of thiazole rings is 1. The van der Waals surface area contributed by atoms with Crippen LogP contribution in [0.5, 0.6) is 0 Å². The van der Waals surface area contributed by atoms with Gasteiger partial charge in [-0.05, 0) is 67.9 Å². The number of carbonyl (C=O) groups excluding carboxylic acids is 1. The molecule has 142 valence electrons. The van der Waals surface area contributed by atoms with Gasteiger partial charge in [0.15, 0.2) is 5.13 Å². The topological polar surface area (TPSA) is 42.0 Å². The molecule has 4 heteroatoms. The number of aromatic nitrogens is 1. The number of aryl methyl sites for hydroxylation is 3. The summed E-state index contributed by atoms with van der Waals surface area (Å²) in [6, 6.07) is 12.8. The number of carbonyl (C=O) groups is 1. The van der Waals surface area contributed by atoms with Crippen LogP contribution in [0.15, 0.2) is 47.9 Å². The van der Waals surface area contributed by atoms with E-state index >= 15 is 0 Å². The summed E-state index contributed by atoms with van der Waals surface area (Å²) < 4.78 is 0. The Balaban J connectivity index is 1.42. The molecule has 0 unspecified atom stereocenters. The third kappa shape index (κ3) is 4.23. The van der Waals surface area contributed by atoms with Gasteiger partial charge in [0, 0.05) is 17.0 Å². The smallest absolute Gasteiger partial charge is 0.250 e. The Labute approximate surface area is 170 Å². The van der Waals surface area contributed by atoms with Crippen LogP contribution in [0.4, 0.5) is 5.13 Å². The van der Waals surface area contributed by atoms with Gasteiger partial charge in [0.1, 0.15) is 0 Å². The normalized spacial score (nSPS) is 13.8. The average molecular weight is 389 g/mol. The van der Waals surface area contributed by atoms with Gasteiger partial charge in [-0.3, -0.25) is 10.1 Å². The molecule has 0 spiro atoms. The minimum absolute atomic E-state index is 0.162. The van der Waals surface area contributed by atoms with Crippen molar-refractivity contribution in [3.8, 4) is 11.3 Å². The second-order valence-electron chi connectivity index (χ2n) is 7.58. The molecule has 0 saturated heterocycles. The van der Waals surface area contributed by atoms with Gasteiger partial charge >= 0.3 is 0 Å². The van der Waals surface area contributed by atoms with E-state index in [-0.39, 0.29) is 5.91 Å². The second kappa shape index (κ2) is 7.72. The van der Waals surface area contributed by atoms with Crippen molar-refractivity contribution in [1.29, 1.82) is 0 Å². The third-order valence-electron chi connectivity index (χ3n) is 5.08. The van der Waals surface area contributed by atoms with Crippen molar-refractivity contribution in [2.24, 2.45) is 0 Å². The molecular formula is C24H24N2OS. The summed E-state index contributed by atoms with van der Waals surface area (Å²) >= 11 is 1.45. The van der Waals surface area contributed by atoms with E-state index in [2.05, 4.69) is 67.5 Å². The number of nitrogens with one attached hydrogen (secondary N) is 1. The van der Waals surface area contributed by atoms with Crippen molar-refractivity contribution in [3.05, 3.63) is 75.7 Å². The lowest BCUT2D eigenvalue weighted by Crippen LogP contribution is -2.07. The van der Waals surface area contributed by atoms with Gasteiger partial charge in [0.2, 0.25) is 5.91 Å². The molecule has 1 fully saturated rings. The van der Waals surface area contributed by atoms with Crippen LogP contribution in [0.3, 0.4) is 0 Å². The highest BCUT2D eigenvalue weighted by molar-refractivity contribution is 7.14. The molecule has 1 aromatic heterocycles.